The van der Waals surface area contributed by atoms with E-state index in [0.29, 0.717) is 11.4 Å². The Morgan fingerprint density at radius 3 is 2.46 bits per heavy atom. The second-order valence-electron chi connectivity index (χ2n) is 5.95. The van der Waals surface area contributed by atoms with Gasteiger partial charge in [-0.05, 0) is 54.3 Å². The van der Waals surface area contributed by atoms with Crippen molar-refractivity contribution >= 4 is 68.9 Å². The van der Waals surface area contributed by atoms with Gasteiger partial charge in [0, 0.05) is 18.1 Å². The quantitative estimate of drug-likeness (QED) is 0.422. The van der Waals surface area contributed by atoms with Crippen LogP contribution in [0.4, 0.5) is 4.39 Å². The summed E-state index contributed by atoms with van der Waals surface area (Å²) in [6, 6.07) is 11.8. The molecule has 7 heteroatoms. The van der Waals surface area contributed by atoms with Crippen LogP contribution in [0.5, 0.6) is 0 Å². The molecule has 1 amide bonds. The fourth-order valence-corrected chi connectivity index (χ4v) is 3.14. The molecule has 0 aromatic heterocycles. The van der Waals surface area contributed by atoms with Crippen LogP contribution in [0.1, 0.15) is 29.0 Å². The Labute approximate surface area is 200 Å². The molecule has 0 saturated heterocycles. The Hall–Kier alpha value is -0.314. The van der Waals surface area contributed by atoms with Crippen LogP contribution in [-0.2, 0) is 16.0 Å². The molecule has 2 N–H and O–H groups in total. The number of hydroxylamine groups is 1. The topological polar surface area (TPSA) is 58.6 Å². The zero-order valence-electron chi connectivity index (χ0n) is 14.1. The molecule has 136 valence electrons. The van der Waals surface area contributed by atoms with Crippen molar-refractivity contribution in [2.24, 2.45) is 0 Å². The third kappa shape index (κ3) is 6.69. The van der Waals surface area contributed by atoms with Gasteiger partial charge in [-0.15, -0.1) is 0 Å². The van der Waals surface area contributed by atoms with Crippen LogP contribution in [0.15, 0.2) is 42.5 Å². The average molecular weight is 406 g/mol. The second kappa shape index (κ2) is 11.5. The maximum atomic E-state index is 13.3. The number of hydrogen-bond acceptors (Lipinski definition) is 3. The Balaban J connectivity index is 0.00000338. The van der Waals surface area contributed by atoms with Crippen molar-refractivity contribution in [3.8, 4) is 0 Å². The van der Waals surface area contributed by atoms with Crippen molar-refractivity contribution in [3.63, 3.8) is 0 Å². The van der Waals surface area contributed by atoms with Crippen molar-refractivity contribution in [2.45, 2.75) is 31.8 Å². The fraction of sp³-hybridized carbons (Fsp3) is 0.316. The first kappa shape index (κ1) is 23.7. The van der Waals surface area contributed by atoms with Crippen LogP contribution in [0.2, 0.25) is 5.02 Å². The van der Waals surface area contributed by atoms with E-state index in [1.165, 1.54) is 19.2 Å². The van der Waals surface area contributed by atoms with Crippen LogP contribution in [0.25, 0.3) is 0 Å². The molecule has 0 saturated carbocycles. The molecule has 26 heavy (non-hydrogen) atoms. The molecule has 0 spiro atoms. The molecule has 0 unspecified atom stereocenters. The first-order valence-corrected chi connectivity index (χ1v) is 8.28. The summed E-state index contributed by atoms with van der Waals surface area (Å²) >= 11 is 6.02. The van der Waals surface area contributed by atoms with Crippen LogP contribution in [0.3, 0.4) is 0 Å². The number of hydrogen-bond donors (Lipinski definition) is 2. The van der Waals surface area contributed by atoms with Gasteiger partial charge in [-0.25, -0.2) is 9.87 Å². The molecule has 0 fully saturated rings. The van der Waals surface area contributed by atoms with Gasteiger partial charge < -0.3 is 4.74 Å². The number of benzene rings is 2. The van der Waals surface area contributed by atoms with Crippen molar-refractivity contribution in [1.29, 1.82) is 0 Å². The first-order chi connectivity index (χ1) is 11.9. The minimum atomic E-state index is -0.535. The summed E-state index contributed by atoms with van der Waals surface area (Å²) in [5, 5.41) is 9.47. The van der Waals surface area contributed by atoms with E-state index in [1.807, 2.05) is 25.1 Å². The SMILES string of the molecule is CO[C@H](CC(=O)NO)[C@H](Cc1ccc(Cl)cc1C)c1ccc(F)cc1.[KH]. The van der Waals surface area contributed by atoms with Gasteiger partial charge in [0.1, 0.15) is 5.82 Å². The summed E-state index contributed by atoms with van der Waals surface area (Å²) in [6.45, 7) is 1.96. The maximum absolute atomic E-state index is 13.3. The van der Waals surface area contributed by atoms with E-state index in [9.17, 15) is 9.18 Å². The van der Waals surface area contributed by atoms with E-state index in [-0.39, 0.29) is 69.5 Å². The van der Waals surface area contributed by atoms with Gasteiger partial charge in [0.2, 0.25) is 5.91 Å². The molecule has 2 aromatic rings. The van der Waals surface area contributed by atoms with Gasteiger partial charge in [0.25, 0.3) is 0 Å². The number of nitrogens with one attached hydrogen (secondary N) is 1. The van der Waals surface area contributed by atoms with Gasteiger partial charge in [-0.1, -0.05) is 29.8 Å². The monoisotopic (exact) mass is 405 g/mol. The van der Waals surface area contributed by atoms with E-state index >= 15 is 0 Å². The normalized spacial score (nSPS) is 12.8. The van der Waals surface area contributed by atoms with E-state index in [2.05, 4.69) is 0 Å². The van der Waals surface area contributed by atoms with Crippen LogP contribution in [0, 0.1) is 12.7 Å². The molecule has 0 heterocycles. The van der Waals surface area contributed by atoms with E-state index in [1.54, 1.807) is 17.6 Å². The zero-order chi connectivity index (χ0) is 18.4. The van der Waals surface area contributed by atoms with Gasteiger partial charge in [0.05, 0.1) is 12.5 Å². The molecule has 2 atom stereocenters. The van der Waals surface area contributed by atoms with E-state index < -0.39 is 12.0 Å². The number of carbonyl (C=O) groups is 1. The number of halogens is 2. The molecule has 4 nitrogen and oxygen atoms in total. The van der Waals surface area contributed by atoms with Crippen molar-refractivity contribution in [1.82, 2.24) is 5.48 Å². The minimum absolute atomic E-state index is 0. The Bertz CT molecular complexity index is 727. The van der Waals surface area contributed by atoms with Crippen LogP contribution < -0.4 is 5.48 Å². The predicted molar refractivity (Wildman–Crippen MR) is 102 cm³/mol. The molecule has 0 aliphatic heterocycles. The average Bonchev–Trinajstić information content (AvgIpc) is 2.60. The van der Waals surface area contributed by atoms with Crippen molar-refractivity contribution in [2.75, 3.05) is 7.11 Å². The fourth-order valence-electron chi connectivity index (χ4n) is 2.92. The van der Waals surface area contributed by atoms with Crippen molar-refractivity contribution < 1.29 is 19.1 Å². The number of methoxy groups -OCH3 is 1. The Morgan fingerprint density at radius 1 is 1.27 bits per heavy atom. The third-order valence-corrected chi connectivity index (χ3v) is 4.54. The summed E-state index contributed by atoms with van der Waals surface area (Å²) in [4.78, 5) is 11.6. The molecular formula is C19H22ClFKNO3. The summed E-state index contributed by atoms with van der Waals surface area (Å²) in [7, 11) is 1.51. The molecule has 2 rings (SSSR count). The van der Waals surface area contributed by atoms with Gasteiger partial charge in [-0.3, -0.25) is 10.0 Å². The van der Waals surface area contributed by atoms with E-state index in [4.69, 9.17) is 21.5 Å². The number of ether oxygens (including phenoxy) is 1. The molecule has 0 bridgehead atoms. The van der Waals surface area contributed by atoms with Crippen molar-refractivity contribution in [3.05, 3.63) is 70.0 Å². The summed E-state index contributed by atoms with van der Waals surface area (Å²) in [5.74, 6) is -1.05. The summed E-state index contributed by atoms with van der Waals surface area (Å²) in [6.07, 6.45) is 0.0979. The number of aryl methyl sites for hydroxylation is 1. The molecule has 0 aliphatic carbocycles. The molecule has 0 radical (unpaired) electrons. The number of carbonyl (C=O) groups excluding carboxylic acids is 1. The van der Waals surface area contributed by atoms with E-state index in [0.717, 1.165) is 16.7 Å². The number of amides is 1. The van der Waals surface area contributed by atoms with Gasteiger partial charge in [0.15, 0.2) is 0 Å². The Morgan fingerprint density at radius 2 is 1.92 bits per heavy atom. The van der Waals surface area contributed by atoms with Crippen LogP contribution >= 0.6 is 11.6 Å². The molecular weight excluding hydrogens is 384 g/mol. The first-order valence-electron chi connectivity index (χ1n) is 7.90. The standard InChI is InChI=1S/C19H21ClFNO3.K.H/c1-12-9-15(20)6-3-14(12)10-17(13-4-7-16(21)8-5-13)18(25-2)11-19(23)22-24;;/h3-9,17-18,24H,10-11H2,1-2H3,(H,22,23);;/t17-,18-;;/m1../s1. The summed E-state index contributed by atoms with van der Waals surface area (Å²) in [5.41, 5.74) is 4.58. The third-order valence-electron chi connectivity index (χ3n) is 4.31. The summed E-state index contributed by atoms with van der Waals surface area (Å²) < 4.78 is 18.8. The zero-order valence-corrected chi connectivity index (χ0v) is 14.9. The number of rotatable bonds is 7. The Kier molecular flexibility index (Phi) is 10.5. The van der Waals surface area contributed by atoms with Gasteiger partial charge >= 0.3 is 51.4 Å². The predicted octanol–water partition coefficient (Wildman–Crippen LogP) is 3.38. The second-order valence-corrected chi connectivity index (χ2v) is 6.38. The molecule has 2 aromatic carbocycles. The van der Waals surface area contributed by atoms with Gasteiger partial charge in [-0.2, -0.15) is 0 Å². The van der Waals surface area contributed by atoms with Crippen LogP contribution in [-0.4, -0.2) is 75.7 Å². The molecule has 0 aliphatic rings.